The highest BCUT2D eigenvalue weighted by molar-refractivity contribution is 7.15. The highest BCUT2D eigenvalue weighted by Crippen LogP contribution is 2.22. The van der Waals surface area contributed by atoms with Crippen molar-refractivity contribution in [1.29, 1.82) is 0 Å². The van der Waals surface area contributed by atoms with Gasteiger partial charge in [0.2, 0.25) is 4.96 Å². The lowest BCUT2D eigenvalue weighted by Gasteiger charge is -1.97. The molecule has 2 aromatic heterocycles. The number of aryl methyl sites for hydroxylation is 1. The molecular formula is C18H11Cl2N3OS. The minimum Gasteiger partial charge on any atom is -0.266 e. The van der Waals surface area contributed by atoms with Crippen LogP contribution in [0.1, 0.15) is 11.1 Å². The fraction of sp³-hybridized carbons (Fsp3) is 0.0556. The van der Waals surface area contributed by atoms with E-state index in [4.69, 9.17) is 23.2 Å². The molecule has 0 bridgehead atoms. The molecule has 0 aliphatic rings. The maximum atomic E-state index is 12.6. The maximum Gasteiger partial charge on any atom is 0.291 e. The summed E-state index contributed by atoms with van der Waals surface area (Å²) in [6, 6.07) is 13.0. The van der Waals surface area contributed by atoms with Crippen molar-refractivity contribution in [3.8, 4) is 11.4 Å². The number of nitrogens with zero attached hydrogens (tertiary/aromatic N) is 3. The van der Waals surface area contributed by atoms with Crippen LogP contribution in [0.15, 0.2) is 47.3 Å². The summed E-state index contributed by atoms with van der Waals surface area (Å²) in [4.78, 5) is 17.6. The molecule has 0 unspecified atom stereocenters. The van der Waals surface area contributed by atoms with E-state index in [1.807, 2.05) is 31.2 Å². The fourth-order valence-corrected chi connectivity index (χ4v) is 3.86. The van der Waals surface area contributed by atoms with Crippen molar-refractivity contribution in [2.75, 3.05) is 0 Å². The molecule has 0 aliphatic heterocycles. The highest BCUT2D eigenvalue weighted by Gasteiger charge is 2.12. The summed E-state index contributed by atoms with van der Waals surface area (Å²) < 4.78 is 1.85. The van der Waals surface area contributed by atoms with E-state index in [2.05, 4.69) is 10.1 Å². The van der Waals surface area contributed by atoms with Gasteiger partial charge in [0.25, 0.3) is 5.56 Å². The first-order chi connectivity index (χ1) is 12.0. The van der Waals surface area contributed by atoms with Crippen molar-refractivity contribution in [1.82, 2.24) is 14.6 Å². The van der Waals surface area contributed by atoms with Crippen LogP contribution in [-0.2, 0) is 0 Å². The maximum absolute atomic E-state index is 12.6. The Morgan fingerprint density at radius 1 is 1.16 bits per heavy atom. The Kier molecular flexibility index (Phi) is 4.07. The van der Waals surface area contributed by atoms with Gasteiger partial charge >= 0.3 is 0 Å². The van der Waals surface area contributed by atoms with Crippen molar-refractivity contribution >= 4 is 45.6 Å². The molecule has 0 atom stereocenters. The minimum absolute atomic E-state index is 0.211. The molecule has 0 saturated carbocycles. The van der Waals surface area contributed by atoms with Crippen LogP contribution in [0.5, 0.6) is 0 Å². The molecule has 4 rings (SSSR count). The Bertz CT molecular complexity index is 1210. The molecule has 0 spiro atoms. The summed E-state index contributed by atoms with van der Waals surface area (Å²) in [5.74, 6) is 0.545. The average Bonchev–Trinajstić information content (AvgIpc) is 3.10. The van der Waals surface area contributed by atoms with Crippen LogP contribution in [0.25, 0.3) is 22.4 Å². The lowest BCUT2D eigenvalue weighted by molar-refractivity contribution is 0.936. The van der Waals surface area contributed by atoms with Crippen LogP contribution in [-0.4, -0.2) is 14.6 Å². The molecule has 0 saturated heterocycles. The summed E-state index contributed by atoms with van der Waals surface area (Å²) in [6.07, 6.45) is 1.73. The van der Waals surface area contributed by atoms with Gasteiger partial charge in [-0.2, -0.15) is 9.50 Å². The van der Waals surface area contributed by atoms with Gasteiger partial charge in [0.1, 0.15) is 0 Å². The second-order valence-corrected chi connectivity index (χ2v) is 7.43. The summed E-state index contributed by atoms with van der Waals surface area (Å²) in [5, 5.41) is 5.39. The lowest BCUT2D eigenvalue weighted by Crippen LogP contribution is -2.23. The fourth-order valence-electron chi connectivity index (χ4n) is 2.50. The second-order valence-electron chi connectivity index (χ2n) is 5.58. The molecule has 0 radical (unpaired) electrons. The standard InChI is InChI=1S/C18H11Cl2N3OS/c1-10-3-2-4-12(7-10)16-21-18-23(22-16)17(24)15(25-18)8-11-5-6-13(19)9-14(11)20/h2-9H,1H3. The van der Waals surface area contributed by atoms with Crippen molar-refractivity contribution in [3.05, 3.63) is 78.5 Å². The third kappa shape index (κ3) is 3.06. The zero-order valence-corrected chi connectivity index (χ0v) is 15.4. The number of hydrogen-bond acceptors (Lipinski definition) is 4. The first kappa shape index (κ1) is 16.3. The topological polar surface area (TPSA) is 47.3 Å². The van der Waals surface area contributed by atoms with Gasteiger partial charge in [-0.15, -0.1) is 5.10 Å². The van der Waals surface area contributed by atoms with E-state index in [-0.39, 0.29) is 5.56 Å². The SMILES string of the molecule is Cc1cccc(-c2nc3sc(=Cc4ccc(Cl)cc4Cl)c(=O)n3n2)c1. The number of rotatable bonds is 2. The monoisotopic (exact) mass is 387 g/mol. The normalized spacial score (nSPS) is 12.2. The van der Waals surface area contributed by atoms with Crippen LogP contribution < -0.4 is 10.1 Å². The van der Waals surface area contributed by atoms with E-state index in [1.165, 1.54) is 15.9 Å². The van der Waals surface area contributed by atoms with E-state index in [1.54, 1.807) is 24.3 Å². The van der Waals surface area contributed by atoms with Crippen molar-refractivity contribution in [2.45, 2.75) is 6.92 Å². The Balaban J connectivity index is 1.83. The Morgan fingerprint density at radius 3 is 2.72 bits per heavy atom. The second kappa shape index (κ2) is 6.26. The summed E-state index contributed by atoms with van der Waals surface area (Å²) in [7, 11) is 0. The Hall–Kier alpha value is -2.21. The predicted octanol–water partition coefficient (Wildman–Crippen LogP) is 3.98. The Labute approximate surface area is 157 Å². The molecule has 0 aliphatic carbocycles. The van der Waals surface area contributed by atoms with E-state index < -0.39 is 0 Å². The molecule has 25 heavy (non-hydrogen) atoms. The van der Waals surface area contributed by atoms with E-state index in [9.17, 15) is 4.79 Å². The van der Waals surface area contributed by atoms with Gasteiger partial charge in [-0.3, -0.25) is 4.79 Å². The largest absolute Gasteiger partial charge is 0.291 e. The van der Waals surface area contributed by atoms with Crippen molar-refractivity contribution in [3.63, 3.8) is 0 Å². The van der Waals surface area contributed by atoms with Crippen molar-refractivity contribution in [2.24, 2.45) is 0 Å². The van der Waals surface area contributed by atoms with Gasteiger partial charge < -0.3 is 0 Å². The number of benzene rings is 2. The van der Waals surface area contributed by atoms with E-state index in [0.717, 1.165) is 16.7 Å². The number of aromatic nitrogens is 3. The first-order valence-electron chi connectivity index (χ1n) is 7.45. The average molecular weight is 388 g/mol. The summed E-state index contributed by atoms with van der Waals surface area (Å²) >= 11 is 13.4. The predicted molar refractivity (Wildman–Crippen MR) is 103 cm³/mol. The van der Waals surface area contributed by atoms with Crippen LogP contribution in [0, 0.1) is 6.92 Å². The smallest absolute Gasteiger partial charge is 0.266 e. The zero-order valence-electron chi connectivity index (χ0n) is 13.0. The van der Waals surface area contributed by atoms with Gasteiger partial charge in [-0.1, -0.05) is 64.4 Å². The molecule has 4 aromatic rings. The molecule has 0 fully saturated rings. The summed E-state index contributed by atoms with van der Waals surface area (Å²) in [5.41, 5.74) is 2.52. The van der Waals surface area contributed by atoms with Crippen LogP contribution in [0.3, 0.4) is 0 Å². The number of fused-ring (bicyclic) bond motifs is 1. The van der Waals surface area contributed by atoms with Gasteiger partial charge in [-0.25, -0.2) is 0 Å². The first-order valence-corrected chi connectivity index (χ1v) is 9.02. The number of halogens is 2. The molecule has 2 aromatic carbocycles. The van der Waals surface area contributed by atoms with Crippen LogP contribution in [0.2, 0.25) is 10.0 Å². The molecule has 124 valence electrons. The van der Waals surface area contributed by atoms with Gasteiger partial charge in [0, 0.05) is 15.6 Å². The third-order valence-corrected chi connectivity index (χ3v) is 5.23. The number of hydrogen-bond donors (Lipinski definition) is 0. The van der Waals surface area contributed by atoms with Gasteiger partial charge in [0.15, 0.2) is 5.82 Å². The lowest BCUT2D eigenvalue weighted by atomic mass is 10.1. The minimum atomic E-state index is -0.211. The third-order valence-electron chi connectivity index (χ3n) is 3.71. The molecule has 0 N–H and O–H groups in total. The number of thiazole rings is 1. The molecule has 7 heteroatoms. The molecule has 4 nitrogen and oxygen atoms in total. The molecular weight excluding hydrogens is 377 g/mol. The summed E-state index contributed by atoms with van der Waals surface area (Å²) in [6.45, 7) is 2.00. The highest BCUT2D eigenvalue weighted by atomic mass is 35.5. The van der Waals surface area contributed by atoms with Gasteiger partial charge in [0.05, 0.1) is 4.53 Å². The van der Waals surface area contributed by atoms with Crippen LogP contribution >= 0.6 is 34.5 Å². The quantitative estimate of drug-likeness (QED) is 0.522. The van der Waals surface area contributed by atoms with Gasteiger partial charge in [-0.05, 0) is 36.8 Å². The molecule has 2 heterocycles. The zero-order chi connectivity index (χ0) is 17.6. The van der Waals surface area contributed by atoms with E-state index >= 15 is 0 Å². The molecule has 0 amide bonds. The van der Waals surface area contributed by atoms with E-state index in [0.29, 0.717) is 25.4 Å². The Morgan fingerprint density at radius 2 is 2.00 bits per heavy atom. The van der Waals surface area contributed by atoms with Crippen molar-refractivity contribution < 1.29 is 0 Å². The van der Waals surface area contributed by atoms with Crippen LogP contribution in [0.4, 0.5) is 0 Å².